The van der Waals surface area contributed by atoms with Crippen molar-refractivity contribution in [3.8, 4) is 0 Å². The van der Waals surface area contributed by atoms with Crippen molar-refractivity contribution in [1.82, 2.24) is 0 Å². The number of hydrogen-bond donors (Lipinski definition) is 1. The first-order valence-electron chi connectivity index (χ1n) is 9.19. The van der Waals surface area contributed by atoms with E-state index in [-0.39, 0.29) is 23.5 Å². The summed E-state index contributed by atoms with van der Waals surface area (Å²) in [5.41, 5.74) is 1.05. The lowest BCUT2D eigenvalue weighted by Crippen LogP contribution is -2.65. The molecule has 5 atom stereocenters. The zero-order chi connectivity index (χ0) is 17.5. The summed E-state index contributed by atoms with van der Waals surface area (Å²) in [6.45, 7) is 20.2. The summed E-state index contributed by atoms with van der Waals surface area (Å²) in [6.07, 6.45) is 7.38. The molecule has 2 rings (SSSR count). The van der Waals surface area contributed by atoms with Gasteiger partial charge in [-0.1, -0.05) is 32.1 Å². The van der Waals surface area contributed by atoms with E-state index in [0.29, 0.717) is 11.8 Å². The molecule has 2 nitrogen and oxygen atoms in total. The summed E-state index contributed by atoms with van der Waals surface area (Å²) in [5, 5.41) is 10.1. The summed E-state index contributed by atoms with van der Waals surface area (Å²) in [6, 6.07) is 0. The molecule has 2 fully saturated rings. The van der Waals surface area contributed by atoms with E-state index in [0.717, 1.165) is 19.3 Å². The quantitative estimate of drug-likeness (QED) is 0.555. The van der Waals surface area contributed by atoms with E-state index in [1.54, 1.807) is 0 Å². The summed E-state index contributed by atoms with van der Waals surface area (Å²) in [5.74, 6) is 1.31. The van der Waals surface area contributed by atoms with E-state index >= 15 is 0 Å². The van der Waals surface area contributed by atoms with Crippen LogP contribution in [0.1, 0.15) is 46.0 Å². The number of aliphatic hydroxyl groups excluding tert-OH is 1. The van der Waals surface area contributed by atoms with Crippen LogP contribution in [0.3, 0.4) is 0 Å². The fourth-order valence-electron chi connectivity index (χ4n) is 5.32. The lowest BCUT2D eigenvalue weighted by molar-refractivity contribution is -0.172. The molecule has 0 amide bonds. The van der Waals surface area contributed by atoms with Crippen LogP contribution in [0.25, 0.3) is 0 Å². The second-order valence-electron chi connectivity index (χ2n) is 9.20. The molecule has 2 aliphatic carbocycles. The Morgan fingerprint density at radius 1 is 1.35 bits per heavy atom. The first kappa shape index (κ1) is 18.9. The van der Waals surface area contributed by atoms with Crippen molar-refractivity contribution >= 4 is 8.32 Å². The van der Waals surface area contributed by atoms with Crippen molar-refractivity contribution in [2.75, 3.05) is 6.61 Å². The first-order valence-corrected chi connectivity index (χ1v) is 12.6. The average Bonchev–Trinajstić information content (AvgIpc) is 2.41. The Labute approximate surface area is 144 Å². The van der Waals surface area contributed by atoms with Gasteiger partial charge in [-0.05, 0) is 63.6 Å². The van der Waals surface area contributed by atoms with Gasteiger partial charge < -0.3 is 9.53 Å². The van der Waals surface area contributed by atoms with Gasteiger partial charge in [0, 0.05) is 17.9 Å². The normalized spacial score (nSPS) is 41.5. The summed E-state index contributed by atoms with van der Waals surface area (Å²) in [4.78, 5) is 0. The number of aliphatic hydroxyl groups is 1. The lowest BCUT2D eigenvalue weighted by atomic mass is 9.48. The minimum absolute atomic E-state index is 0.0652. The van der Waals surface area contributed by atoms with E-state index in [1.807, 2.05) is 6.08 Å². The number of allylic oxidation sites excluding steroid dienone is 1. The molecule has 0 aromatic heterocycles. The van der Waals surface area contributed by atoms with Crippen LogP contribution in [-0.2, 0) is 4.43 Å². The molecule has 0 spiro atoms. The molecule has 0 aromatic carbocycles. The number of hydrogen-bond acceptors (Lipinski definition) is 2. The third-order valence-electron chi connectivity index (χ3n) is 6.31. The second kappa shape index (κ2) is 6.49. The Balaban J connectivity index is 2.60. The molecule has 0 unspecified atom stereocenters. The Kier molecular flexibility index (Phi) is 5.35. The average molecular weight is 337 g/mol. The molecule has 2 saturated carbocycles. The molecule has 132 valence electrons. The number of fused-ring (bicyclic) bond motifs is 1. The fourth-order valence-corrected chi connectivity index (χ4v) is 6.87. The summed E-state index contributed by atoms with van der Waals surface area (Å²) in [7, 11) is -1.74. The van der Waals surface area contributed by atoms with Crippen molar-refractivity contribution in [3.63, 3.8) is 0 Å². The monoisotopic (exact) mass is 336 g/mol. The van der Waals surface area contributed by atoms with Crippen LogP contribution >= 0.6 is 0 Å². The predicted molar refractivity (Wildman–Crippen MR) is 101 cm³/mol. The molecule has 0 aromatic rings. The topological polar surface area (TPSA) is 29.5 Å². The standard InChI is InChI=1S/C20H36O2Si/c1-8-11-19(4)17(14-21)12-16(3)18-10-9-15(2)13-20(18,19)22-23(5,6)7/h8,15,17-18,21H,1,3,9-14H2,2,4-7H3/t15-,17-,18+,19-,20+/m1/s1. The maximum atomic E-state index is 10.1. The third-order valence-corrected chi connectivity index (χ3v) is 7.29. The zero-order valence-corrected chi connectivity index (χ0v) is 16.8. The van der Waals surface area contributed by atoms with E-state index in [2.05, 4.69) is 46.6 Å². The van der Waals surface area contributed by atoms with Gasteiger partial charge in [-0.25, -0.2) is 0 Å². The van der Waals surface area contributed by atoms with E-state index in [4.69, 9.17) is 4.43 Å². The highest BCUT2D eigenvalue weighted by molar-refractivity contribution is 6.69. The van der Waals surface area contributed by atoms with Gasteiger partial charge >= 0.3 is 0 Å². The maximum absolute atomic E-state index is 10.1. The van der Waals surface area contributed by atoms with Gasteiger partial charge in [0.25, 0.3) is 0 Å². The zero-order valence-electron chi connectivity index (χ0n) is 15.8. The van der Waals surface area contributed by atoms with Gasteiger partial charge in [0.2, 0.25) is 0 Å². The van der Waals surface area contributed by atoms with Gasteiger partial charge in [0.05, 0.1) is 5.60 Å². The fraction of sp³-hybridized carbons (Fsp3) is 0.800. The van der Waals surface area contributed by atoms with Crippen LogP contribution < -0.4 is 0 Å². The van der Waals surface area contributed by atoms with Crippen molar-refractivity contribution in [2.45, 2.75) is 71.2 Å². The van der Waals surface area contributed by atoms with Crippen LogP contribution in [0.4, 0.5) is 0 Å². The third kappa shape index (κ3) is 3.25. The van der Waals surface area contributed by atoms with E-state index in [1.165, 1.54) is 18.4 Å². The Morgan fingerprint density at radius 2 is 2.00 bits per heavy atom. The van der Waals surface area contributed by atoms with Crippen molar-refractivity contribution in [2.24, 2.45) is 23.2 Å². The highest BCUT2D eigenvalue weighted by atomic mass is 28.4. The SMILES string of the molecule is C=CC[C@]1(C)[C@@H](CO)CC(=C)[C@@H]2CC[C@@H](C)C[C@]21O[Si](C)(C)C. The smallest absolute Gasteiger partial charge is 0.184 e. The molecule has 0 radical (unpaired) electrons. The Morgan fingerprint density at radius 3 is 2.52 bits per heavy atom. The molecule has 0 saturated heterocycles. The van der Waals surface area contributed by atoms with Crippen LogP contribution in [0.2, 0.25) is 19.6 Å². The largest absolute Gasteiger partial charge is 0.411 e. The molecular formula is C20H36O2Si. The Bertz CT molecular complexity index is 467. The lowest BCUT2D eigenvalue weighted by Gasteiger charge is -2.64. The van der Waals surface area contributed by atoms with Gasteiger partial charge in [0.15, 0.2) is 8.32 Å². The second-order valence-corrected chi connectivity index (χ2v) is 13.6. The highest BCUT2D eigenvalue weighted by Crippen LogP contribution is 2.62. The molecule has 2 aliphatic rings. The highest BCUT2D eigenvalue weighted by Gasteiger charge is 2.62. The first-order chi connectivity index (χ1) is 10.6. The molecule has 3 heteroatoms. The molecule has 0 bridgehead atoms. The summed E-state index contributed by atoms with van der Waals surface area (Å²) >= 11 is 0. The van der Waals surface area contributed by atoms with Crippen LogP contribution in [0, 0.1) is 23.2 Å². The van der Waals surface area contributed by atoms with Crippen molar-refractivity contribution < 1.29 is 9.53 Å². The minimum atomic E-state index is -1.74. The van der Waals surface area contributed by atoms with Crippen LogP contribution in [0.15, 0.2) is 24.8 Å². The van der Waals surface area contributed by atoms with Gasteiger partial charge in [-0.15, -0.1) is 6.58 Å². The maximum Gasteiger partial charge on any atom is 0.184 e. The molecule has 0 aliphatic heterocycles. The Hall–Kier alpha value is -0.383. The molecule has 1 N–H and O–H groups in total. The van der Waals surface area contributed by atoms with Crippen LogP contribution in [0.5, 0.6) is 0 Å². The van der Waals surface area contributed by atoms with Gasteiger partial charge in [-0.2, -0.15) is 0 Å². The molecule has 23 heavy (non-hydrogen) atoms. The predicted octanol–water partition coefficient (Wildman–Crippen LogP) is 5.16. The van der Waals surface area contributed by atoms with Crippen molar-refractivity contribution in [1.29, 1.82) is 0 Å². The molecular weight excluding hydrogens is 300 g/mol. The van der Waals surface area contributed by atoms with Crippen LogP contribution in [-0.4, -0.2) is 25.6 Å². The van der Waals surface area contributed by atoms with E-state index < -0.39 is 8.32 Å². The van der Waals surface area contributed by atoms with E-state index in [9.17, 15) is 5.11 Å². The van der Waals surface area contributed by atoms with Gasteiger partial charge in [0.1, 0.15) is 0 Å². The minimum Gasteiger partial charge on any atom is -0.411 e. The molecule has 0 heterocycles. The summed E-state index contributed by atoms with van der Waals surface area (Å²) < 4.78 is 7.03. The van der Waals surface area contributed by atoms with Crippen molar-refractivity contribution in [3.05, 3.63) is 24.8 Å². The van der Waals surface area contributed by atoms with Gasteiger partial charge in [-0.3, -0.25) is 0 Å². The number of rotatable bonds is 5.